The number of urea groups is 1. The molecule has 10 nitrogen and oxygen atoms in total. The van der Waals surface area contributed by atoms with Crippen LogP contribution in [0.15, 0.2) is 54.6 Å². The van der Waals surface area contributed by atoms with Crippen molar-refractivity contribution in [2.75, 3.05) is 18.9 Å². The molecule has 1 aromatic heterocycles. The number of nitrogens with zero attached hydrogens (tertiary/aromatic N) is 5. The van der Waals surface area contributed by atoms with Crippen molar-refractivity contribution in [3.63, 3.8) is 0 Å². The quantitative estimate of drug-likeness (QED) is 0.389. The number of hydrogen-bond donors (Lipinski definition) is 4. The van der Waals surface area contributed by atoms with Crippen LogP contribution in [0.4, 0.5) is 10.5 Å². The minimum Gasteiger partial charge on any atom is -0.390 e. The number of tetrazole rings is 1. The molecule has 0 saturated heterocycles. The third-order valence-electron chi connectivity index (χ3n) is 5.70. The predicted molar refractivity (Wildman–Crippen MR) is 125 cm³/mol. The molecule has 4 atom stereocenters. The van der Waals surface area contributed by atoms with Gasteiger partial charge < -0.3 is 20.8 Å². The molecule has 0 aliphatic rings. The minimum atomic E-state index is -0.831. The van der Waals surface area contributed by atoms with Crippen LogP contribution in [0.25, 0.3) is 11.4 Å². The van der Waals surface area contributed by atoms with Crippen LogP contribution in [0.3, 0.4) is 0 Å². The number of carbonyl (C=O) groups excluding carboxylic acids is 1. The first-order chi connectivity index (χ1) is 15.8. The molecular weight excluding hydrogens is 422 g/mol. The summed E-state index contributed by atoms with van der Waals surface area (Å²) in [6.45, 7) is 3.91. The predicted octanol–water partition coefficient (Wildman–Crippen LogP) is 1.80. The van der Waals surface area contributed by atoms with Crippen LogP contribution < -0.4 is 10.6 Å². The third kappa shape index (κ3) is 6.35. The van der Waals surface area contributed by atoms with Gasteiger partial charge in [0.05, 0.1) is 18.2 Å². The lowest BCUT2D eigenvalue weighted by molar-refractivity contribution is 0.0332. The highest BCUT2D eigenvalue weighted by Crippen LogP contribution is 2.21. The summed E-state index contributed by atoms with van der Waals surface area (Å²) >= 11 is 0. The second-order valence-corrected chi connectivity index (χ2v) is 8.20. The molecule has 0 aliphatic heterocycles. The zero-order valence-corrected chi connectivity index (χ0v) is 19.3. The second kappa shape index (κ2) is 11.0. The van der Waals surface area contributed by atoms with Crippen molar-refractivity contribution in [1.82, 2.24) is 30.4 Å². The largest absolute Gasteiger partial charge is 0.390 e. The van der Waals surface area contributed by atoms with Crippen molar-refractivity contribution >= 4 is 11.7 Å². The van der Waals surface area contributed by atoms with Crippen LogP contribution in [-0.2, 0) is 7.05 Å². The van der Waals surface area contributed by atoms with Crippen molar-refractivity contribution < 1.29 is 15.0 Å². The van der Waals surface area contributed by atoms with Crippen LogP contribution in [0, 0.1) is 0 Å². The van der Waals surface area contributed by atoms with E-state index in [9.17, 15) is 15.0 Å². The van der Waals surface area contributed by atoms with E-state index >= 15 is 0 Å². The summed E-state index contributed by atoms with van der Waals surface area (Å²) in [4.78, 5) is 14.3. The van der Waals surface area contributed by atoms with Crippen molar-refractivity contribution in [2.45, 2.75) is 38.1 Å². The minimum absolute atomic E-state index is 0.221. The number of nitrogens with one attached hydrogen (secondary N) is 2. The maximum absolute atomic E-state index is 12.5. The number of aliphatic hydroxyl groups is 2. The van der Waals surface area contributed by atoms with E-state index in [-0.39, 0.29) is 12.6 Å². The second-order valence-electron chi connectivity index (χ2n) is 8.20. The van der Waals surface area contributed by atoms with Crippen molar-refractivity contribution in [3.05, 3.63) is 60.2 Å². The molecule has 0 spiro atoms. The highest BCUT2D eigenvalue weighted by atomic mass is 16.3. The zero-order valence-electron chi connectivity index (χ0n) is 19.3. The van der Waals surface area contributed by atoms with Gasteiger partial charge in [-0.25, -0.2) is 9.48 Å². The SMILES string of the molecule is C[C@@H](NC(=O)Nc1cccc(-c2nnnn2C)c1)[C@@H](O)CN(C)[C@@H](C)[C@@H](O)c1ccccc1. The molecule has 176 valence electrons. The Morgan fingerprint density at radius 3 is 2.52 bits per heavy atom. The summed E-state index contributed by atoms with van der Waals surface area (Å²) in [5.41, 5.74) is 2.16. The number of carbonyl (C=O) groups is 1. The van der Waals surface area contributed by atoms with Gasteiger partial charge in [0.25, 0.3) is 0 Å². The monoisotopic (exact) mass is 453 g/mol. The number of aliphatic hydroxyl groups excluding tert-OH is 2. The highest BCUT2D eigenvalue weighted by molar-refractivity contribution is 5.90. The van der Waals surface area contributed by atoms with Gasteiger partial charge in [-0.15, -0.1) is 5.10 Å². The van der Waals surface area contributed by atoms with Crippen LogP contribution in [-0.4, -0.2) is 73.1 Å². The van der Waals surface area contributed by atoms with E-state index < -0.39 is 24.3 Å². The van der Waals surface area contributed by atoms with Gasteiger partial charge in [0.2, 0.25) is 0 Å². The van der Waals surface area contributed by atoms with E-state index in [2.05, 4.69) is 26.2 Å². The number of likely N-dealkylation sites (N-methyl/N-ethyl adjacent to an activating group) is 1. The number of anilines is 1. The average Bonchev–Trinajstić information content (AvgIpc) is 3.24. The third-order valence-corrected chi connectivity index (χ3v) is 5.70. The van der Waals surface area contributed by atoms with E-state index in [0.29, 0.717) is 11.5 Å². The van der Waals surface area contributed by atoms with Crippen LogP contribution >= 0.6 is 0 Å². The normalized spacial score (nSPS) is 15.0. The summed E-state index contributed by atoms with van der Waals surface area (Å²) in [5.74, 6) is 0.581. The van der Waals surface area contributed by atoms with Crippen LogP contribution in [0.2, 0.25) is 0 Å². The number of aryl methyl sites for hydroxylation is 1. The Morgan fingerprint density at radius 1 is 1.12 bits per heavy atom. The molecule has 3 aromatic rings. The molecule has 0 saturated carbocycles. The Kier molecular flexibility index (Phi) is 8.10. The van der Waals surface area contributed by atoms with E-state index in [4.69, 9.17) is 0 Å². The summed E-state index contributed by atoms with van der Waals surface area (Å²) in [6, 6.07) is 15.4. The summed E-state index contributed by atoms with van der Waals surface area (Å²) < 4.78 is 1.55. The smallest absolute Gasteiger partial charge is 0.319 e. The van der Waals surface area contributed by atoms with Gasteiger partial charge >= 0.3 is 6.03 Å². The maximum Gasteiger partial charge on any atom is 0.319 e. The molecule has 1 heterocycles. The van der Waals surface area contributed by atoms with Gasteiger partial charge in [-0.2, -0.15) is 0 Å². The molecule has 2 aromatic carbocycles. The Morgan fingerprint density at radius 2 is 1.85 bits per heavy atom. The van der Waals surface area contributed by atoms with Crippen LogP contribution in [0.5, 0.6) is 0 Å². The summed E-state index contributed by atoms with van der Waals surface area (Å²) in [5, 5.41) is 38.2. The Labute approximate surface area is 193 Å². The number of aromatic nitrogens is 4. The number of benzene rings is 2. The summed E-state index contributed by atoms with van der Waals surface area (Å²) in [6.07, 6.45) is -1.52. The van der Waals surface area contributed by atoms with Gasteiger partial charge in [0, 0.05) is 30.9 Å². The molecule has 3 rings (SSSR count). The lowest BCUT2D eigenvalue weighted by Crippen LogP contribution is -2.49. The number of amides is 2. The lowest BCUT2D eigenvalue weighted by atomic mass is 10.0. The lowest BCUT2D eigenvalue weighted by Gasteiger charge is -2.32. The average molecular weight is 454 g/mol. The van der Waals surface area contributed by atoms with E-state index in [1.807, 2.05) is 55.3 Å². The van der Waals surface area contributed by atoms with Gasteiger partial charge in [-0.1, -0.05) is 42.5 Å². The van der Waals surface area contributed by atoms with Crippen LogP contribution in [0.1, 0.15) is 25.5 Å². The molecule has 0 radical (unpaired) electrons. The van der Waals surface area contributed by atoms with Gasteiger partial charge in [0.1, 0.15) is 0 Å². The Hall–Kier alpha value is -3.34. The highest BCUT2D eigenvalue weighted by Gasteiger charge is 2.25. The number of hydrogen-bond acceptors (Lipinski definition) is 7. The van der Waals surface area contributed by atoms with Crippen molar-refractivity contribution in [2.24, 2.45) is 7.05 Å². The molecule has 0 aliphatic carbocycles. The van der Waals surface area contributed by atoms with Gasteiger partial charge in [-0.05, 0) is 49.0 Å². The molecule has 4 N–H and O–H groups in total. The van der Waals surface area contributed by atoms with E-state index in [1.165, 1.54) is 0 Å². The topological polar surface area (TPSA) is 128 Å². The first-order valence-electron chi connectivity index (χ1n) is 10.8. The van der Waals surface area contributed by atoms with E-state index in [0.717, 1.165) is 11.1 Å². The van der Waals surface area contributed by atoms with Crippen molar-refractivity contribution in [3.8, 4) is 11.4 Å². The molecular formula is C23H31N7O3. The Bertz CT molecular complexity index is 1040. The van der Waals surface area contributed by atoms with Gasteiger partial charge in [-0.3, -0.25) is 4.90 Å². The summed E-state index contributed by atoms with van der Waals surface area (Å²) in [7, 11) is 3.57. The molecule has 2 amide bonds. The zero-order chi connectivity index (χ0) is 24.0. The first kappa shape index (κ1) is 24.3. The van der Waals surface area contributed by atoms with Crippen molar-refractivity contribution in [1.29, 1.82) is 0 Å². The molecule has 10 heteroatoms. The molecule has 0 bridgehead atoms. The molecule has 0 fully saturated rings. The molecule has 33 heavy (non-hydrogen) atoms. The standard InChI is InChI=1S/C23H31N7O3/c1-15(20(31)14-29(3)16(2)21(32)17-9-6-5-7-10-17)24-23(33)25-19-12-8-11-18(13-19)22-26-27-28-30(22)4/h5-13,15-16,20-21,31-32H,14H2,1-4H3,(H2,24,25,33)/t15-,16+,20+,21-/m1/s1. The fourth-order valence-corrected chi connectivity index (χ4v) is 3.47. The van der Waals surface area contributed by atoms with Gasteiger partial charge in [0.15, 0.2) is 5.82 Å². The van der Waals surface area contributed by atoms with E-state index in [1.54, 1.807) is 36.9 Å². The number of rotatable bonds is 9. The maximum atomic E-state index is 12.5. The fraction of sp³-hybridized carbons (Fsp3) is 0.391. The first-order valence-corrected chi connectivity index (χ1v) is 10.8. The molecule has 0 unspecified atom stereocenters. The fourth-order valence-electron chi connectivity index (χ4n) is 3.47. The Balaban J connectivity index is 1.52.